The van der Waals surface area contributed by atoms with Crippen molar-refractivity contribution in [2.75, 3.05) is 13.7 Å². The molecule has 0 saturated heterocycles. The van der Waals surface area contributed by atoms with Crippen LogP contribution in [0.5, 0.6) is 11.5 Å². The maximum Gasteiger partial charge on any atom is 0.224 e. The summed E-state index contributed by atoms with van der Waals surface area (Å²) >= 11 is 0. The number of methoxy groups -OCH3 is 1. The van der Waals surface area contributed by atoms with Crippen LogP contribution in [-0.2, 0) is 24.3 Å². The van der Waals surface area contributed by atoms with Crippen molar-refractivity contribution in [3.8, 4) is 11.5 Å². The number of nitrogens with one attached hydrogen (secondary N) is 1. The topological polar surface area (TPSA) is 51.4 Å². The molecule has 0 radical (unpaired) electrons. The number of aryl methyl sites for hydroxylation is 1. The Balaban J connectivity index is 1.67. The summed E-state index contributed by atoms with van der Waals surface area (Å²) in [5, 5.41) is 3.02. The van der Waals surface area contributed by atoms with Crippen molar-refractivity contribution in [3.05, 3.63) is 53.9 Å². The molecule has 35 heavy (non-hydrogen) atoms. The SMILES string of the molecule is CCCCCCCCCCCCOc1ccc(CC(=O)NCc2ccc[n+](CCC)c2)cc1OC. The van der Waals surface area contributed by atoms with Gasteiger partial charge in [-0.15, -0.1) is 0 Å². The molecule has 1 heterocycles. The van der Waals surface area contributed by atoms with E-state index in [9.17, 15) is 4.79 Å². The van der Waals surface area contributed by atoms with E-state index in [0.29, 0.717) is 25.3 Å². The first kappa shape index (κ1) is 28.7. The highest BCUT2D eigenvalue weighted by atomic mass is 16.5. The van der Waals surface area contributed by atoms with Crippen molar-refractivity contribution in [2.24, 2.45) is 0 Å². The summed E-state index contributed by atoms with van der Waals surface area (Å²) in [5.41, 5.74) is 2.02. The van der Waals surface area contributed by atoms with E-state index in [4.69, 9.17) is 9.47 Å². The predicted octanol–water partition coefficient (Wildman–Crippen LogP) is 6.55. The minimum Gasteiger partial charge on any atom is -0.493 e. The summed E-state index contributed by atoms with van der Waals surface area (Å²) in [5.74, 6) is 1.43. The molecule has 0 aliphatic rings. The number of unbranched alkanes of at least 4 members (excludes halogenated alkanes) is 9. The number of benzene rings is 1. The second-order valence-electron chi connectivity index (χ2n) is 9.42. The van der Waals surface area contributed by atoms with Gasteiger partial charge < -0.3 is 14.8 Å². The monoisotopic (exact) mass is 483 g/mol. The molecule has 0 spiro atoms. The Kier molecular flexibility index (Phi) is 14.6. The van der Waals surface area contributed by atoms with E-state index in [2.05, 4.69) is 36.1 Å². The Morgan fingerprint density at radius 2 is 1.57 bits per heavy atom. The molecule has 0 unspecified atom stereocenters. The van der Waals surface area contributed by atoms with Crippen LogP contribution in [0, 0.1) is 0 Å². The Hall–Kier alpha value is -2.56. The Morgan fingerprint density at radius 3 is 2.26 bits per heavy atom. The standard InChI is InChI=1S/C30H46N2O3/c1-4-6-7-8-9-10-11-12-13-14-21-35-28-18-17-26(22-29(28)34-3)23-30(33)31-24-27-16-15-20-32(25-27)19-5-2/h15-18,20,22,25H,4-14,19,21,23-24H2,1-3H3/p+1. The zero-order chi connectivity index (χ0) is 25.1. The van der Waals surface area contributed by atoms with Crippen molar-refractivity contribution in [3.63, 3.8) is 0 Å². The lowest BCUT2D eigenvalue weighted by molar-refractivity contribution is -0.697. The highest BCUT2D eigenvalue weighted by molar-refractivity contribution is 5.78. The molecule has 1 aromatic carbocycles. The molecule has 0 aliphatic heterocycles. The predicted molar refractivity (Wildman–Crippen MR) is 143 cm³/mol. The van der Waals surface area contributed by atoms with Gasteiger partial charge in [0.2, 0.25) is 5.91 Å². The van der Waals surface area contributed by atoms with Crippen molar-refractivity contribution in [1.82, 2.24) is 5.32 Å². The van der Waals surface area contributed by atoms with Crippen molar-refractivity contribution in [2.45, 2.75) is 104 Å². The average molecular weight is 484 g/mol. The molecule has 0 bridgehead atoms. The number of nitrogens with zero attached hydrogens (tertiary/aromatic N) is 1. The molecule has 1 amide bonds. The number of hydrogen-bond donors (Lipinski definition) is 1. The Bertz CT molecular complexity index is 853. The van der Waals surface area contributed by atoms with Crippen LogP contribution in [0.1, 0.15) is 95.6 Å². The average Bonchev–Trinajstić information content (AvgIpc) is 2.87. The normalized spacial score (nSPS) is 10.8. The third-order valence-corrected chi connectivity index (χ3v) is 6.24. The van der Waals surface area contributed by atoms with Crippen LogP contribution < -0.4 is 19.4 Å². The highest BCUT2D eigenvalue weighted by Crippen LogP contribution is 2.28. The largest absolute Gasteiger partial charge is 0.493 e. The van der Waals surface area contributed by atoms with Gasteiger partial charge >= 0.3 is 0 Å². The quantitative estimate of drug-likeness (QED) is 0.182. The molecule has 0 aliphatic carbocycles. The molecule has 194 valence electrons. The number of pyridine rings is 1. The molecule has 0 saturated carbocycles. The van der Waals surface area contributed by atoms with E-state index in [1.54, 1.807) is 7.11 Å². The molecule has 0 atom stereocenters. The minimum absolute atomic E-state index is 0.00280. The van der Waals surface area contributed by atoms with Crippen LogP contribution in [0.15, 0.2) is 42.7 Å². The van der Waals surface area contributed by atoms with Crippen LogP contribution in [0.3, 0.4) is 0 Å². The van der Waals surface area contributed by atoms with Gasteiger partial charge in [0.25, 0.3) is 0 Å². The summed E-state index contributed by atoms with van der Waals surface area (Å²) < 4.78 is 13.6. The van der Waals surface area contributed by atoms with Gasteiger partial charge in [0.1, 0.15) is 6.54 Å². The summed E-state index contributed by atoms with van der Waals surface area (Å²) in [7, 11) is 1.65. The summed E-state index contributed by atoms with van der Waals surface area (Å²) in [6.07, 6.45) is 18.6. The molecule has 2 aromatic rings. The van der Waals surface area contributed by atoms with Gasteiger partial charge in [-0.25, -0.2) is 4.57 Å². The van der Waals surface area contributed by atoms with E-state index in [1.807, 2.05) is 30.3 Å². The van der Waals surface area contributed by atoms with Crippen LogP contribution in [0.4, 0.5) is 0 Å². The van der Waals surface area contributed by atoms with Gasteiger partial charge in [0.15, 0.2) is 23.9 Å². The first-order valence-electron chi connectivity index (χ1n) is 13.7. The van der Waals surface area contributed by atoms with Gasteiger partial charge in [-0.1, -0.05) is 77.7 Å². The van der Waals surface area contributed by atoms with Gasteiger partial charge in [-0.2, -0.15) is 0 Å². The van der Waals surface area contributed by atoms with E-state index < -0.39 is 0 Å². The number of aromatic nitrogens is 1. The zero-order valence-corrected chi connectivity index (χ0v) is 22.3. The fourth-order valence-electron chi connectivity index (χ4n) is 4.24. The number of carbonyl (C=O) groups is 1. The molecular formula is C30H47N2O3+. The number of ether oxygens (including phenoxy) is 2. The Morgan fingerprint density at radius 1 is 0.857 bits per heavy atom. The second kappa shape index (κ2) is 17.8. The summed E-state index contributed by atoms with van der Waals surface area (Å²) in [6, 6.07) is 9.84. The van der Waals surface area contributed by atoms with Crippen LogP contribution >= 0.6 is 0 Å². The van der Waals surface area contributed by atoms with E-state index in [0.717, 1.165) is 36.3 Å². The molecule has 0 fully saturated rings. The number of hydrogen-bond acceptors (Lipinski definition) is 3. The van der Waals surface area contributed by atoms with E-state index in [1.165, 1.54) is 57.8 Å². The van der Waals surface area contributed by atoms with E-state index in [-0.39, 0.29) is 5.91 Å². The Labute approximate surface area is 213 Å². The molecule has 5 nitrogen and oxygen atoms in total. The molecular weight excluding hydrogens is 436 g/mol. The van der Waals surface area contributed by atoms with Gasteiger partial charge in [-0.3, -0.25) is 4.79 Å². The third kappa shape index (κ3) is 12.1. The van der Waals surface area contributed by atoms with Gasteiger partial charge in [0, 0.05) is 24.6 Å². The maximum atomic E-state index is 12.5. The van der Waals surface area contributed by atoms with Gasteiger partial charge in [0.05, 0.1) is 20.1 Å². The van der Waals surface area contributed by atoms with Crippen LogP contribution in [-0.4, -0.2) is 19.6 Å². The first-order chi connectivity index (χ1) is 17.2. The number of carbonyl (C=O) groups excluding carboxylic acids is 1. The molecule has 1 N–H and O–H groups in total. The number of amides is 1. The van der Waals surface area contributed by atoms with Gasteiger partial charge in [-0.05, 0) is 30.2 Å². The minimum atomic E-state index is -0.00280. The summed E-state index contributed by atoms with van der Waals surface area (Å²) in [4.78, 5) is 12.5. The van der Waals surface area contributed by atoms with Crippen molar-refractivity contribution >= 4 is 5.91 Å². The molecule has 2 rings (SSSR count). The zero-order valence-electron chi connectivity index (χ0n) is 22.3. The number of rotatable bonds is 19. The van der Waals surface area contributed by atoms with E-state index >= 15 is 0 Å². The van der Waals surface area contributed by atoms with Crippen molar-refractivity contribution < 1.29 is 18.8 Å². The van der Waals surface area contributed by atoms with Crippen LogP contribution in [0.25, 0.3) is 0 Å². The first-order valence-corrected chi connectivity index (χ1v) is 13.7. The summed E-state index contributed by atoms with van der Waals surface area (Å²) in [6.45, 7) is 6.63. The van der Waals surface area contributed by atoms with Crippen molar-refractivity contribution in [1.29, 1.82) is 0 Å². The molecule has 5 heteroatoms. The third-order valence-electron chi connectivity index (χ3n) is 6.24. The molecule has 1 aromatic heterocycles. The fraction of sp³-hybridized carbons (Fsp3) is 0.600. The fourth-order valence-corrected chi connectivity index (χ4v) is 4.24. The highest BCUT2D eigenvalue weighted by Gasteiger charge is 2.10. The maximum absolute atomic E-state index is 12.5. The second-order valence-corrected chi connectivity index (χ2v) is 9.42. The lowest BCUT2D eigenvalue weighted by atomic mass is 10.1. The van der Waals surface area contributed by atoms with Crippen LogP contribution in [0.2, 0.25) is 0 Å². The lowest BCUT2D eigenvalue weighted by Crippen LogP contribution is -2.34. The smallest absolute Gasteiger partial charge is 0.224 e. The lowest BCUT2D eigenvalue weighted by Gasteiger charge is -2.12.